The number of hydrogen-bond donors (Lipinski definition) is 1. The number of alkyl halides is 3. The molecule has 0 amide bonds. The van der Waals surface area contributed by atoms with Crippen LogP contribution in [0, 0.1) is 5.92 Å². The lowest BCUT2D eigenvalue weighted by atomic mass is 9.86. The predicted octanol–water partition coefficient (Wildman–Crippen LogP) is 3.18. The van der Waals surface area contributed by atoms with Crippen molar-refractivity contribution < 1.29 is 13.2 Å². The Balaban J connectivity index is 1.91. The quantitative estimate of drug-likeness (QED) is 0.849. The first-order chi connectivity index (χ1) is 8.62. The second-order valence-electron chi connectivity index (χ2n) is 7.00. The second-order valence-corrected chi connectivity index (χ2v) is 7.00. The molecule has 0 radical (unpaired) electrons. The van der Waals surface area contributed by atoms with E-state index in [4.69, 9.17) is 0 Å². The lowest BCUT2D eigenvalue weighted by Gasteiger charge is -2.51. The maximum absolute atomic E-state index is 12.3. The molecule has 1 aliphatic carbocycles. The van der Waals surface area contributed by atoms with Crippen LogP contribution in [0.4, 0.5) is 13.2 Å². The molecule has 2 fully saturated rings. The fraction of sp³-hybridized carbons (Fsp3) is 1.00. The third kappa shape index (κ3) is 3.85. The highest BCUT2D eigenvalue weighted by Gasteiger charge is 2.47. The molecule has 2 rings (SSSR count). The van der Waals surface area contributed by atoms with Gasteiger partial charge in [-0.2, -0.15) is 13.2 Å². The Kier molecular flexibility index (Phi) is 3.91. The molecule has 112 valence electrons. The van der Waals surface area contributed by atoms with Crippen LogP contribution in [0.2, 0.25) is 0 Å². The van der Waals surface area contributed by atoms with Crippen molar-refractivity contribution in [1.82, 2.24) is 10.2 Å². The van der Waals surface area contributed by atoms with E-state index < -0.39 is 12.6 Å². The molecule has 0 bridgehead atoms. The first-order valence-electron chi connectivity index (χ1n) is 7.19. The molecule has 1 heterocycles. The van der Waals surface area contributed by atoms with Crippen LogP contribution in [0.15, 0.2) is 0 Å². The van der Waals surface area contributed by atoms with Gasteiger partial charge in [0.1, 0.15) is 0 Å². The van der Waals surface area contributed by atoms with Gasteiger partial charge in [0.05, 0.1) is 0 Å². The Morgan fingerprint density at radius 3 is 2.37 bits per heavy atom. The fourth-order valence-electron chi connectivity index (χ4n) is 3.04. The summed E-state index contributed by atoms with van der Waals surface area (Å²) in [4.78, 5) is 2.24. The van der Waals surface area contributed by atoms with Gasteiger partial charge in [-0.05, 0) is 52.5 Å². The van der Waals surface area contributed by atoms with E-state index in [1.165, 1.54) is 12.8 Å². The third-order valence-corrected chi connectivity index (χ3v) is 4.67. The summed E-state index contributed by atoms with van der Waals surface area (Å²) in [6.45, 7) is 8.70. The molecular formula is C14H25F3N2. The molecule has 1 N–H and O–H groups in total. The van der Waals surface area contributed by atoms with Gasteiger partial charge >= 0.3 is 6.18 Å². The average molecular weight is 278 g/mol. The summed E-state index contributed by atoms with van der Waals surface area (Å²) < 4.78 is 36.8. The molecule has 1 aliphatic heterocycles. The van der Waals surface area contributed by atoms with Gasteiger partial charge < -0.3 is 5.32 Å². The van der Waals surface area contributed by atoms with Crippen molar-refractivity contribution in [1.29, 1.82) is 0 Å². The normalized spacial score (nSPS) is 32.5. The number of hydrogen-bond acceptors (Lipinski definition) is 2. The number of nitrogens with one attached hydrogen (secondary N) is 1. The molecule has 1 atom stereocenters. The van der Waals surface area contributed by atoms with Crippen molar-refractivity contribution in [2.45, 2.75) is 63.7 Å². The van der Waals surface area contributed by atoms with Gasteiger partial charge in [-0.15, -0.1) is 0 Å². The van der Waals surface area contributed by atoms with E-state index in [1.807, 2.05) is 0 Å². The zero-order valence-electron chi connectivity index (χ0n) is 12.1. The number of piperazine rings is 1. The Bertz CT molecular complexity index is 323. The lowest BCUT2D eigenvalue weighted by Crippen LogP contribution is -2.68. The van der Waals surface area contributed by atoms with Crippen LogP contribution in [0.25, 0.3) is 0 Å². The first kappa shape index (κ1) is 15.1. The molecule has 0 aromatic carbocycles. The minimum atomic E-state index is -4.03. The van der Waals surface area contributed by atoms with E-state index in [9.17, 15) is 13.2 Å². The van der Waals surface area contributed by atoms with Gasteiger partial charge in [-0.25, -0.2) is 0 Å². The Morgan fingerprint density at radius 1 is 1.21 bits per heavy atom. The van der Waals surface area contributed by atoms with E-state index >= 15 is 0 Å². The van der Waals surface area contributed by atoms with Crippen LogP contribution in [-0.4, -0.2) is 41.8 Å². The van der Waals surface area contributed by atoms with Crippen LogP contribution < -0.4 is 5.32 Å². The summed E-state index contributed by atoms with van der Waals surface area (Å²) in [5.41, 5.74) is 0.0355. The highest BCUT2D eigenvalue weighted by atomic mass is 19.4. The first-order valence-corrected chi connectivity index (χ1v) is 7.19. The van der Waals surface area contributed by atoms with Crippen molar-refractivity contribution in [3.8, 4) is 0 Å². The molecular weight excluding hydrogens is 253 g/mol. The minimum Gasteiger partial charge on any atom is -0.308 e. The van der Waals surface area contributed by atoms with Crippen LogP contribution in [0.5, 0.6) is 0 Å². The maximum atomic E-state index is 12.3. The van der Waals surface area contributed by atoms with E-state index in [0.717, 1.165) is 13.1 Å². The third-order valence-electron chi connectivity index (χ3n) is 4.67. The summed E-state index contributed by atoms with van der Waals surface area (Å²) in [5.74, 6) is 0.703. The van der Waals surface area contributed by atoms with Crippen molar-refractivity contribution in [3.63, 3.8) is 0 Å². The molecule has 5 heteroatoms. The van der Waals surface area contributed by atoms with E-state index in [1.54, 1.807) is 0 Å². The van der Waals surface area contributed by atoms with Gasteiger partial charge in [0.25, 0.3) is 0 Å². The van der Waals surface area contributed by atoms with Crippen molar-refractivity contribution in [2.75, 3.05) is 19.6 Å². The molecule has 0 aromatic rings. The van der Waals surface area contributed by atoms with Crippen molar-refractivity contribution >= 4 is 0 Å². The van der Waals surface area contributed by atoms with Gasteiger partial charge in [0.2, 0.25) is 0 Å². The van der Waals surface area contributed by atoms with Crippen LogP contribution in [-0.2, 0) is 0 Å². The van der Waals surface area contributed by atoms with Gasteiger partial charge in [-0.1, -0.05) is 0 Å². The van der Waals surface area contributed by atoms with E-state index in [2.05, 4.69) is 31.0 Å². The standard InChI is InChI=1S/C14H25F3N2/c1-12(2)9-18-13(3,11-5-6-11)10-19(12)8-4-7-14(15,16)17/h11,18H,4-10H2,1-3H3. The fourth-order valence-corrected chi connectivity index (χ4v) is 3.04. The van der Waals surface area contributed by atoms with Crippen LogP contribution in [0.3, 0.4) is 0 Å². The zero-order valence-corrected chi connectivity index (χ0v) is 12.1. The van der Waals surface area contributed by atoms with Crippen LogP contribution in [0.1, 0.15) is 46.5 Å². The summed E-state index contributed by atoms with van der Waals surface area (Å²) in [6.07, 6.45) is -2.00. The van der Waals surface area contributed by atoms with E-state index in [-0.39, 0.29) is 17.5 Å². The highest BCUT2D eigenvalue weighted by molar-refractivity contribution is 5.06. The number of halogens is 3. The highest BCUT2D eigenvalue weighted by Crippen LogP contribution is 2.42. The van der Waals surface area contributed by atoms with Crippen molar-refractivity contribution in [3.05, 3.63) is 0 Å². The van der Waals surface area contributed by atoms with E-state index in [0.29, 0.717) is 12.5 Å². The Hall–Kier alpha value is -0.290. The molecule has 1 saturated heterocycles. The van der Waals surface area contributed by atoms with Gasteiger partial charge in [0, 0.05) is 30.6 Å². The molecule has 0 aromatic heterocycles. The Morgan fingerprint density at radius 2 is 1.84 bits per heavy atom. The predicted molar refractivity (Wildman–Crippen MR) is 70.1 cm³/mol. The Labute approximate surface area is 113 Å². The zero-order chi connectivity index (χ0) is 14.3. The summed E-state index contributed by atoms with van der Waals surface area (Å²) in [5, 5.41) is 3.62. The number of nitrogens with zero attached hydrogens (tertiary/aromatic N) is 1. The summed E-state index contributed by atoms with van der Waals surface area (Å²) >= 11 is 0. The maximum Gasteiger partial charge on any atom is 0.389 e. The van der Waals surface area contributed by atoms with Crippen LogP contribution >= 0.6 is 0 Å². The molecule has 2 aliphatic rings. The largest absolute Gasteiger partial charge is 0.389 e. The smallest absolute Gasteiger partial charge is 0.308 e. The molecule has 19 heavy (non-hydrogen) atoms. The second kappa shape index (κ2) is 4.92. The number of rotatable bonds is 4. The summed E-state index contributed by atoms with van der Waals surface area (Å²) in [7, 11) is 0. The molecule has 1 saturated carbocycles. The topological polar surface area (TPSA) is 15.3 Å². The SMILES string of the molecule is CC1(C2CC2)CN(CCCC(F)(F)F)C(C)(C)CN1. The monoisotopic (exact) mass is 278 g/mol. The average Bonchev–Trinajstić information content (AvgIpc) is 3.06. The molecule has 0 spiro atoms. The van der Waals surface area contributed by atoms with Crippen molar-refractivity contribution in [2.24, 2.45) is 5.92 Å². The lowest BCUT2D eigenvalue weighted by molar-refractivity contribution is -0.137. The molecule has 2 nitrogen and oxygen atoms in total. The minimum absolute atomic E-state index is 0.0556. The van der Waals surface area contributed by atoms with Gasteiger partial charge in [-0.3, -0.25) is 4.90 Å². The summed E-state index contributed by atoms with van der Waals surface area (Å²) in [6, 6.07) is 0. The molecule has 1 unspecified atom stereocenters. The van der Waals surface area contributed by atoms with Gasteiger partial charge in [0.15, 0.2) is 0 Å².